The maximum atomic E-state index is 13.7. The molecule has 1 aromatic rings. The van der Waals surface area contributed by atoms with Gasteiger partial charge in [-0.15, -0.1) is 0 Å². The van der Waals surface area contributed by atoms with Gasteiger partial charge in [-0.2, -0.15) is 0 Å². The highest BCUT2D eigenvalue weighted by atomic mass is 19.1. The van der Waals surface area contributed by atoms with Gasteiger partial charge >= 0.3 is 0 Å². The molecule has 1 spiro atoms. The van der Waals surface area contributed by atoms with Crippen LogP contribution in [0.4, 0.5) is 4.39 Å². The molecule has 1 heterocycles. The largest absolute Gasteiger partial charge is 0.316 e. The normalized spacial score (nSPS) is 27.9. The van der Waals surface area contributed by atoms with E-state index in [1.165, 1.54) is 19.3 Å². The average molecular weight is 205 g/mol. The van der Waals surface area contributed by atoms with Crippen molar-refractivity contribution in [2.24, 2.45) is 5.41 Å². The minimum atomic E-state index is -0.0301. The predicted molar refractivity (Wildman–Crippen MR) is 58.3 cm³/mol. The van der Waals surface area contributed by atoms with Gasteiger partial charge in [-0.25, -0.2) is 4.39 Å². The smallest absolute Gasteiger partial charge is 0.126 e. The first-order valence-corrected chi connectivity index (χ1v) is 5.77. The minimum absolute atomic E-state index is 0.0301. The molecule has 2 aliphatic rings. The SMILES string of the molecule is Fc1ccccc1[C@H]1CNCC12CCC2. The monoisotopic (exact) mass is 205 g/mol. The van der Waals surface area contributed by atoms with Crippen molar-refractivity contribution in [2.75, 3.05) is 13.1 Å². The summed E-state index contributed by atoms with van der Waals surface area (Å²) in [5, 5.41) is 3.42. The Morgan fingerprint density at radius 2 is 2.07 bits per heavy atom. The van der Waals surface area contributed by atoms with Gasteiger partial charge < -0.3 is 5.32 Å². The highest BCUT2D eigenvalue weighted by Crippen LogP contribution is 2.53. The zero-order chi connectivity index (χ0) is 10.3. The fraction of sp³-hybridized carbons (Fsp3) is 0.538. The summed E-state index contributed by atoms with van der Waals surface area (Å²) in [6, 6.07) is 7.25. The van der Waals surface area contributed by atoms with Gasteiger partial charge in [-0.3, -0.25) is 0 Å². The summed E-state index contributed by atoms with van der Waals surface area (Å²) in [4.78, 5) is 0. The van der Waals surface area contributed by atoms with Crippen LogP contribution < -0.4 is 5.32 Å². The molecule has 1 nitrogen and oxygen atoms in total. The lowest BCUT2D eigenvalue weighted by molar-refractivity contribution is 0.135. The first kappa shape index (κ1) is 9.34. The van der Waals surface area contributed by atoms with Gasteiger partial charge in [0.05, 0.1) is 0 Å². The summed E-state index contributed by atoms with van der Waals surface area (Å²) in [6.45, 7) is 2.02. The van der Waals surface area contributed by atoms with Crippen molar-refractivity contribution in [1.29, 1.82) is 0 Å². The summed E-state index contributed by atoms with van der Waals surface area (Å²) in [7, 11) is 0. The van der Waals surface area contributed by atoms with Crippen molar-refractivity contribution in [3.05, 3.63) is 35.6 Å². The number of hydrogen-bond donors (Lipinski definition) is 1. The van der Waals surface area contributed by atoms with E-state index in [0.717, 1.165) is 18.7 Å². The van der Waals surface area contributed by atoms with Crippen LogP contribution in [0.25, 0.3) is 0 Å². The Morgan fingerprint density at radius 3 is 2.73 bits per heavy atom. The lowest BCUT2D eigenvalue weighted by atomic mass is 9.61. The predicted octanol–water partition coefficient (Wildman–Crippen LogP) is 2.68. The molecule has 15 heavy (non-hydrogen) atoms. The molecule has 0 aromatic heterocycles. The van der Waals surface area contributed by atoms with E-state index in [4.69, 9.17) is 0 Å². The van der Waals surface area contributed by atoms with Crippen LogP contribution in [0.1, 0.15) is 30.7 Å². The molecule has 0 bridgehead atoms. The molecule has 0 amide bonds. The Balaban J connectivity index is 1.96. The number of halogens is 1. The Hall–Kier alpha value is -0.890. The van der Waals surface area contributed by atoms with Gasteiger partial charge in [0.1, 0.15) is 5.82 Å². The first-order chi connectivity index (χ1) is 7.32. The van der Waals surface area contributed by atoms with Crippen molar-refractivity contribution in [3.8, 4) is 0 Å². The van der Waals surface area contributed by atoms with Gasteiger partial charge in [0.2, 0.25) is 0 Å². The quantitative estimate of drug-likeness (QED) is 0.743. The second kappa shape index (κ2) is 3.31. The molecule has 1 aliphatic carbocycles. The van der Waals surface area contributed by atoms with Gasteiger partial charge in [-0.05, 0) is 29.9 Å². The van der Waals surface area contributed by atoms with Crippen LogP contribution in [0.3, 0.4) is 0 Å². The molecule has 1 aliphatic heterocycles. The lowest BCUT2D eigenvalue weighted by Crippen LogP contribution is -2.36. The standard InChI is InChI=1S/C13H16FN/c14-12-5-2-1-4-10(12)11-8-15-9-13(11)6-3-7-13/h1-2,4-5,11,15H,3,6-9H2/t11-/m1/s1. The fourth-order valence-electron chi connectivity index (χ4n) is 3.16. The highest BCUT2D eigenvalue weighted by molar-refractivity contribution is 5.27. The fourth-order valence-corrected chi connectivity index (χ4v) is 3.16. The van der Waals surface area contributed by atoms with Crippen molar-refractivity contribution in [1.82, 2.24) is 5.32 Å². The number of hydrogen-bond acceptors (Lipinski definition) is 1. The summed E-state index contributed by atoms with van der Waals surface area (Å²) >= 11 is 0. The molecule has 0 unspecified atom stereocenters. The topological polar surface area (TPSA) is 12.0 Å². The Bertz CT molecular complexity index is 371. The highest BCUT2D eigenvalue weighted by Gasteiger charge is 2.48. The van der Waals surface area contributed by atoms with E-state index >= 15 is 0 Å². The Labute approximate surface area is 89.7 Å². The maximum Gasteiger partial charge on any atom is 0.126 e. The van der Waals surface area contributed by atoms with Crippen LogP contribution in [0, 0.1) is 11.2 Å². The third-order valence-corrected chi connectivity index (χ3v) is 4.19. The summed E-state index contributed by atoms with van der Waals surface area (Å²) in [6.07, 6.45) is 3.84. The number of rotatable bonds is 1. The first-order valence-electron chi connectivity index (χ1n) is 5.77. The van der Waals surface area contributed by atoms with E-state index in [-0.39, 0.29) is 5.82 Å². The number of nitrogens with one attached hydrogen (secondary N) is 1. The number of benzene rings is 1. The second-order valence-corrected chi connectivity index (χ2v) is 4.92. The van der Waals surface area contributed by atoms with Crippen LogP contribution in [-0.2, 0) is 0 Å². The molecular formula is C13H16FN. The van der Waals surface area contributed by atoms with Gasteiger partial charge in [0, 0.05) is 19.0 Å². The van der Waals surface area contributed by atoms with E-state index < -0.39 is 0 Å². The van der Waals surface area contributed by atoms with E-state index in [1.54, 1.807) is 12.1 Å². The van der Waals surface area contributed by atoms with Crippen molar-refractivity contribution in [3.63, 3.8) is 0 Å². The second-order valence-electron chi connectivity index (χ2n) is 4.92. The molecule has 1 aromatic carbocycles. The van der Waals surface area contributed by atoms with E-state index in [2.05, 4.69) is 5.32 Å². The Morgan fingerprint density at radius 1 is 1.27 bits per heavy atom. The van der Waals surface area contributed by atoms with Crippen LogP contribution >= 0.6 is 0 Å². The summed E-state index contributed by atoms with van der Waals surface area (Å²) < 4.78 is 13.7. The van der Waals surface area contributed by atoms with Crippen LogP contribution in [0.15, 0.2) is 24.3 Å². The van der Waals surface area contributed by atoms with Gasteiger partial charge in [-0.1, -0.05) is 24.6 Å². The lowest BCUT2D eigenvalue weighted by Gasteiger charge is -2.43. The van der Waals surface area contributed by atoms with Gasteiger partial charge in [0.15, 0.2) is 0 Å². The molecule has 1 saturated heterocycles. The van der Waals surface area contributed by atoms with Crippen molar-refractivity contribution in [2.45, 2.75) is 25.2 Å². The van der Waals surface area contributed by atoms with Crippen LogP contribution in [-0.4, -0.2) is 13.1 Å². The van der Waals surface area contributed by atoms with Crippen LogP contribution in [0.2, 0.25) is 0 Å². The molecule has 1 N–H and O–H groups in total. The molecule has 2 fully saturated rings. The molecule has 0 radical (unpaired) electrons. The molecule has 1 atom stereocenters. The molecule has 2 heteroatoms. The van der Waals surface area contributed by atoms with Crippen LogP contribution in [0.5, 0.6) is 0 Å². The third kappa shape index (κ3) is 1.31. The maximum absolute atomic E-state index is 13.7. The molecule has 80 valence electrons. The minimum Gasteiger partial charge on any atom is -0.316 e. The molecule has 1 saturated carbocycles. The van der Waals surface area contributed by atoms with Gasteiger partial charge in [0.25, 0.3) is 0 Å². The summed E-state index contributed by atoms with van der Waals surface area (Å²) in [5.41, 5.74) is 1.30. The summed E-state index contributed by atoms with van der Waals surface area (Å²) in [5.74, 6) is 0.366. The van der Waals surface area contributed by atoms with Crippen molar-refractivity contribution >= 4 is 0 Å². The Kier molecular flexibility index (Phi) is 2.06. The third-order valence-electron chi connectivity index (χ3n) is 4.19. The zero-order valence-corrected chi connectivity index (χ0v) is 8.80. The average Bonchev–Trinajstić information content (AvgIpc) is 2.62. The molecular weight excluding hydrogens is 189 g/mol. The van der Waals surface area contributed by atoms with E-state index in [0.29, 0.717) is 11.3 Å². The van der Waals surface area contributed by atoms with Crippen molar-refractivity contribution < 1.29 is 4.39 Å². The molecule has 3 rings (SSSR count). The van der Waals surface area contributed by atoms with E-state index in [1.807, 2.05) is 12.1 Å². The van der Waals surface area contributed by atoms with E-state index in [9.17, 15) is 4.39 Å². The zero-order valence-electron chi connectivity index (χ0n) is 8.80.